The van der Waals surface area contributed by atoms with E-state index in [9.17, 15) is 33.8 Å². The number of nitrogens with zero attached hydrogens (tertiary/aromatic N) is 2. The Hall–Kier alpha value is -1.43. The monoisotopic (exact) mass is 658 g/mol. The number of para-hydroxylation sites is 2. The summed E-state index contributed by atoms with van der Waals surface area (Å²) in [4.78, 5) is 50.5. The third kappa shape index (κ3) is 9.29. The number of benzene rings is 2. The summed E-state index contributed by atoms with van der Waals surface area (Å²) in [6, 6.07) is 9.63. The number of rotatable bonds is 12. The SMILES string of the molecule is C[Si]1(C)OCc2cccc(CN(CC(CO)N(Cc3cccc4c3O[Si](C)(C)OC4)CP(=O)([O-])[O-])CP(=O)([O-])[O-])c2O1. The van der Waals surface area contributed by atoms with Gasteiger partial charge < -0.3 is 51.5 Å². The summed E-state index contributed by atoms with van der Waals surface area (Å²) in [6.45, 7) is 7.15. The molecule has 0 aliphatic carbocycles. The van der Waals surface area contributed by atoms with Crippen molar-refractivity contribution >= 4 is 32.3 Å². The topological polar surface area (TPSA) is 190 Å². The van der Waals surface area contributed by atoms with Gasteiger partial charge in [-0.3, -0.25) is 9.80 Å². The first-order valence-corrected chi connectivity index (χ1v) is 22.5. The molecule has 2 aromatic carbocycles. The third-order valence-electron chi connectivity index (χ3n) is 6.89. The van der Waals surface area contributed by atoms with E-state index in [1.807, 2.05) is 38.3 Å². The van der Waals surface area contributed by atoms with E-state index in [2.05, 4.69) is 0 Å². The predicted octanol–water partition coefficient (Wildman–Crippen LogP) is 0.316. The van der Waals surface area contributed by atoms with Crippen LogP contribution >= 0.6 is 15.2 Å². The Morgan fingerprint density at radius 3 is 1.74 bits per heavy atom. The van der Waals surface area contributed by atoms with Gasteiger partial charge >= 0.3 is 17.1 Å². The van der Waals surface area contributed by atoms with Crippen molar-refractivity contribution in [2.75, 3.05) is 25.7 Å². The number of hydrogen-bond acceptors (Lipinski definition) is 13. The van der Waals surface area contributed by atoms with Crippen molar-refractivity contribution < 1.29 is 51.5 Å². The van der Waals surface area contributed by atoms with E-state index in [1.54, 1.807) is 24.3 Å². The molecule has 0 saturated carbocycles. The average molecular weight is 659 g/mol. The molecule has 2 aliphatic heterocycles. The third-order valence-corrected chi connectivity index (χ3v) is 11.4. The zero-order valence-corrected chi connectivity index (χ0v) is 27.8. The molecule has 0 aromatic heterocycles. The molecule has 234 valence electrons. The van der Waals surface area contributed by atoms with Gasteiger partial charge in [0.15, 0.2) is 0 Å². The molecular weight excluding hydrogens is 622 g/mol. The van der Waals surface area contributed by atoms with Crippen molar-refractivity contribution in [2.24, 2.45) is 0 Å². The highest BCUT2D eigenvalue weighted by molar-refractivity contribution is 7.48. The first kappa shape index (κ1) is 33.5. The van der Waals surface area contributed by atoms with Gasteiger partial charge in [-0.25, -0.2) is 0 Å². The van der Waals surface area contributed by atoms with E-state index < -0.39 is 57.5 Å². The van der Waals surface area contributed by atoms with Crippen LogP contribution in [-0.2, 0) is 44.3 Å². The number of aliphatic hydroxyl groups excluding tert-OH is 1. The Morgan fingerprint density at radius 2 is 1.29 bits per heavy atom. The van der Waals surface area contributed by atoms with E-state index >= 15 is 0 Å². The standard InChI is InChI=1S/C25H40N2O11P2Si2/c1-41(2)35-15-21-9-5-7-19(24(21)37-41)11-26(17-39(29,30)31)13-23(14-28)27(18-40(32,33)34)12-20-8-6-10-22-16-36-42(3,4)38-25(20)22/h5-10,23,28H,11-18H2,1-4H3,(H2,29,30,31)(H2,32,33,34)/p-4. The van der Waals surface area contributed by atoms with Crippen LogP contribution in [0.5, 0.6) is 11.5 Å². The minimum Gasteiger partial charge on any atom is -0.810 e. The van der Waals surface area contributed by atoms with Crippen molar-refractivity contribution in [1.82, 2.24) is 9.80 Å². The van der Waals surface area contributed by atoms with Gasteiger partial charge in [0.1, 0.15) is 11.5 Å². The van der Waals surface area contributed by atoms with Crippen molar-refractivity contribution in [1.29, 1.82) is 0 Å². The molecule has 1 N–H and O–H groups in total. The molecular formula is C25H36N2O11P2Si2-4. The Labute approximate surface area is 247 Å². The molecule has 0 radical (unpaired) electrons. The molecule has 0 spiro atoms. The van der Waals surface area contributed by atoms with E-state index in [1.165, 1.54) is 9.80 Å². The number of hydrogen-bond donors (Lipinski definition) is 1. The van der Waals surface area contributed by atoms with Gasteiger partial charge in [-0.1, -0.05) is 51.6 Å². The van der Waals surface area contributed by atoms with Gasteiger partial charge in [0.25, 0.3) is 0 Å². The zero-order chi connectivity index (χ0) is 30.9. The summed E-state index contributed by atoms with van der Waals surface area (Å²) in [7, 11) is -15.2. The van der Waals surface area contributed by atoms with Crippen molar-refractivity contribution in [3.63, 3.8) is 0 Å². The van der Waals surface area contributed by atoms with Gasteiger partial charge in [-0.15, -0.1) is 0 Å². The lowest BCUT2D eigenvalue weighted by atomic mass is 10.1. The lowest BCUT2D eigenvalue weighted by Crippen LogP contribution is -2.48. The van der Waals surface area contributed by atoms with Crippen LogP contribution in [0.25, 0.3) is 0 Å². The molecule has 2 heterocycles. The maximum atomic E-state index is 12.0. The second-order valence-electron chi connectivity index (χ2n) is 11.5. The summed E-state index contributed by atoms with van der Waals surface area (Å²) >= 11 is 0. The average Bonchev–Trinajstić information content (AvgIpc) is 2.85. The molecule has 1 atom stereocenters. The summed E-state index contributed by atoms with van der Waals surface area (Å²) < 4.78 is 47.9. The zero-order valence-electron chi connectivity index (χ0n) is 24.0. The van der Waals surface area contributed by atoms with E-state index in [-0.39, 0.29) is 19.6 Å². The maximum Gasteiger partial charge on any atom is 0.392 e. The molecule has 0 bridgehead atoms. The van der Waals surface area contributed by atoms with Crippen LogP contribution in [0.4, 0.5) is 0 Å². The maximum absolute atomic E-state index is 12.0. The van der Waals surface area contributed by atoms with E-state index in [4.69, 9.17) is 17.7 Å². The first-order valence-electron chi connectivity index (χ1n) is 13.4. The Bertz CT molecular complexity index is 1370. The van der Waals surface area contributed by atoms with Gasteiger partial charge in [0.05, 0.1) is 19.8 Å². The molecule has 0 fully saturated rings. The number of fused-ring (bicyclic) bond motifs is 2. The van der Waals surface area contributed by atoms with Crippen LogP contribution in [0.2, 0.25) is 26.2 Å². The number of aliphatic hydroxyl groups is 1. The smallest absolute Gasteiger partial charge is 0.392 e. The molecule has 17 heteroatoms. The molecule has 4 rings (SSSR count). The first-order chi connectivity index (χ1) is 19.4. The highest BCUT2D eigenvalue weighted by Gasteiger charge is 2.35. The van der Waals surface area contributed by atoms with Gasteiger partial charge in [0, 0.05) is 60.5 Å². The van der Waals surface area contributed by atoms with Crippen LogP contribution in [0.1, 0.15) is 22.3 Å². The quantitative estimate of drug-likeness (QED) is 0.243. The lowest BCUT2D eigenvalue weighted by molar-refractivity contribution is -0.318. The summed E-state index contributed by atoms with van der Waals surface area (Å²) in [5.74, 6) is 1.09. The molecule has 2 aromatic rings. The van der Waals surface area contributed by atoms with Crippen molar-refractivity contribution in [3.8, 4) is 11.5 Å². The predicted molar refractivity (Wildman–Crippen MR) is 150 cm³/mol. The fraction of sp³-hybridized carbons (Fsp3) is 0.520. The van der Waals surface area contributed by atoms with Crippen LogP contribution in [0, 0.1) is 0 Å². The molecule has 2 aliphatic rings. The normalized spacial score (nSPS) is 18.6. The minimum atomic E-state index is -5.13. The summed E-state index contributed by atoms with van der Waals surface area (Å²) in [5.41, 5.74) is 2.74. The Balaban J connectivity index is 1.64. The van der Waals surface area contributed by atoms with Crippen LogP contribution in [-0.4, -0.2) is 63.8 Å². The lowest BCUT2D eigenvalue weighted by Gasteiger charge is -2.43. The second-order valence-corrected chi connectivity index (χ2v) is 21.1. The van der Waals surface area contributed by atoms with Gasteiger partial charge in [0.2, 0.25) is 0 Å². The fourth-order valence-electron chi connectivity index (χ4n) is 5.05. The summed E-state index contributed by atoms with van der Waals surface area (Å²) in [5, 5.41) is 10.4. The van der Waals surface area contributed by atoms with Crippen LogP contribution in [0.15, 0.2) is 36.4 Å². The van der Waals surface area contributed by atoms with E-state index in [0.29, 0.717) is 35.8 Å². The Kier molecular flexibility index (Phi) is 10.3. The van der Waals surface area contributed by atoms with Gasteiger partial charge in [-0.2, -0.15) is 0 Å². The van der Waals surface area contributed by atoms with Crippen LogP contribution < -0.4 is 28.4 Å². The molecule has 1 unspecified atom stereocenters. The van der Waals surface area contributed by atoms with Crippen LogP contribution in [0.3, 0.4) is 0 Å². The van der Waals surface area contributed by atoms with Crippen molar-refractivity contribution in [2.45, 2.75) is 58.5 Å². The second kappa shape index (κ2) is 12.9. The highest BCUT2D eigenvalue weighted by atomic mass is 31.2. The Morgan fingerprint density at radius 1 is 0.810 bits per heavy atom. The molecule has 42 heavy (non-hydrogen) atoms. The van der Waals surface area contributed by atoms with Gasteiger partial charge in [-0.05, 0) is 26.2 Å². The minimum absolute atomic E-state index is 0.0418. The fourth-order valence-corrected chi connectivity index (χ4v) is 9.16. The largest absolute Gasteiger partial charge is 0.810 e. The molecule has 13 nitrogen and oxygen atoms in total. The van der Waals surface area contributed by atoms with E-state index in [0.717, 1.165) is 11.1 Å². The summed E-state index contributed by atoms with van der Waals surface area (Å²) in [6.07, 6.45) is -1.81. The molecule has 0 amide bonds. The van der Waals surface area contributed by atoms with Crippen molar-refractivity contribution in [3.05, 3.63) is 58.7 Å². The molecule has 0 saturated heterocycles. The highest BCUT2D eigenvalue weighted by Crippen LogP contribution is 2.37.